The Balaban J connectivity index is 0.000000223. The average molecular weight is 628 g/mol. The van der Waals surface area contributed by atoms with Crippen molar-refractivity contribution in [2.24, 2.45) is 0 Å². The van der Waals surface area contributed by atoms with E-state index in [2.05, 4.69) is 4.85 Å². The molecule has 5 aromatic rings. The quantitative estimate of drug-likeness (QED) is 0.113. The number of rotatable bonds is 10. The lowest BCUT2D eigenvalue weighted by Crippen LogP contribution is -2.33. The summed E-state index contributed by atoms with van der Waals surface area (Å²) in [5.41, 5.74) is 3.92. The molecule has 0 aliphatic rings. The van der Waals surface area contributed by atoms with Crippen LogP contribution in [0.2, 0.25) is 0 Å². The van der Waals surface area contributed by atoms with Gasteiger partial charge in [0.05, 0.1) is 18.2 Å². The summed E-state index contributed by atoms with van der Waals surface area (Å²) in [5, 5.41) is 55.8. The lowest BCUT2D eigenvalue weighted by atomic mass is 9.77. The van der Waals surface area contributed by atoms with Gasteiger partial charge in [0, 0.05) is 0 Å². The fourth-order valence-electron chi connectivity index (χ4n) is 4.30. The fourth-order valence-corrected chi connectivity index (χ4v) is 4.30. The summed E-state index contributed by atoms with van der Waals surface area (Å²) in [5.74, 6) is 2.39. The van der Waals surface area contributed by atoms with Crippen molar-refractivity contribution in [1.29, 1.82) is 5.26 Å². The highest BCUT2D eigenvalue weighted by Gasteiger charge is 2.18. The van der Waals surface area contributed by atoms with E-state index >= 15 is 0 Å². The molecule has 0 unspecified atom stereocenters. The Kier molecular flexibility index (Phi) is 12.0. The molecule has 0 radical (unpaired) electrons. The van der Waals surface area contributed by atoms with Gasteiger partial charge in [-0.2, -0.15) is 5.26 Å². The summed E-state index contributed by atoms with van der Waals surface area (Å²) < 4.78 is 17.1. The molecule has 0 aliphatic carbocycles. The van der Waals surface area contributed by atoms with E-state index in [0.717, 1.165) is 5.56 Å². The van der Waals surface area contributed by atoms with Crippen molar-refractivity contribution < 1.29 is 39.4 Å². The van der Waals surface area contributed by atoms with Gasteiger partial charge in [-0.25, -0.2) is 4.85 Å². The molecule has 0 saturated heterocycles. The molecule has 12 heteroatoms. The van der Waals surface area contributed by atoms with Gasteiger partial charge in [-0.05, 0) is 102 Å². The lowest BCUT2D eigenvalue weighted by Gasteiger charge is -2.13. The first-order valence-corrected chi connectivity index (χ1v) is 14.3. The summed E-state index contributed by atoms with van der Waals surface area (Å²) in [6.45, 7) is 9.22. The second kappa shape index (κ2) is 16.5. The van der Waals surface area contributed by atoms with Crippen molar-refractivity contribution >= 4 is 30.8 Å². The number of aryl methyl sites for hydroxylation is 1. The molecule has 0 amide bonds. The number of phenols is 1. The molecule has 0 atom stereocenters. The van der Waals surface area contributed by atoms with Gasteiger partial charge in [0.1, 0.15) is 42.0 Å². The molecule has 0 aromatic heterocycles. The second-order valence-corrected chi connectivity index (χ2v) is 10.2. The number of nitrogens with zero attached hydrogens (tertiary/aromatic N) is 2. The van der Waals surface area contributed by atoms with E-state index in [0.29, 0.717) is 50.8 Å². The number of aromatic hydroxyl groups is 1. The summed E-state index contributed by atoms with van der Waals surface area (Å²) in [6, 6.07) is 32.1. The fraction of sp³-hybridized carbons (Fsp3) is 0.0857. The Morgan fingerprint density at radius 1 is 0.660 bits per heavy atom. The monoisotopic (exact) mass is 628 g/mol. The number of ether oxygens (including phenoxy) is 3. The van der Waals surface area contributed by atoms with Gasteiger partial charge in [0.2, 0.25) is 0 Å². The molecular formula is C35H30B2N2O8. The van der Waals surface area contributed by atoms with Crippen molar-refractivity contribution in [2.45, 2.75) is 20.1 Å². The van der Waals surface area contributed by atoms with E-state index in [-0.39, 0.29) is 24.4 Å². The van der Waals surface area contributed by atoms with Crippen molar-refractivity contribution in [2.75, 3.05) is 0 Å². The molecule has 5 rings (SSSR count). The van der Waals surface area contributed by atoms with Gasteiger partial charge >= 0.3 is 14.2 Å². The Hall–Kier alpha value is -5.75. The third kappa shape index (κ3) is 10.1. The first-order valence-electron chi connectivity index (χ1n) is 14.3. The minimum Gasteiger partial charge on any atom is -0.508 e. The van der Waals surface area contributed by atoms with Crippen LogP contribution < -0.4 is 25.1 Å². The Bertz CT molecular complexity index is 1850. The van der Waals surface area contributed by atoms with E-state index < -0.39 is 14.2 Å². The van der Waals surface area contributed by atoms with Crippen LogP contribution in [0, 0.1) is 24.8 Å². The summed E-state index contributed by atoms with van der Waals surface area (Å²) >= 11 is 0. The van der Waals surface area contributed by atoms with Crippen LogP contribution in [-0.2, 0) is 13.2 Å². The van der Waals surface area contributed by atoms with Crippen LogP contribution in [0.1, 0.15) is 22.3 Å². The molecule has 0 bridgehead atoms. The van der Waals surface area contributed by atoms with Gasteiger partial charge in [-0.3, -0.25) is 0 Å². The number of benzene rings is 5. The van der Waals surface area contributed by atoms with Crippen LogP contribution in [0.4, 0.5) is 5.69 Å². The topological polar surface area (TPSA) is 157 Å². The van der Waals surface area contributed by atoms with E-state index in [4.69, 9.17) is 26.0 Å². The molecule has 5 N–H and O–H groups in total. The predicted molar refractivity (Wildman–Crippen MR) is 178 cm³/mol. The number of hydrogen-bond donors (Lipinski definition) is 5. The number of phenolic OH excluding ortho intramolecular Hbond substituents is 1. The van der Waals surface area contributed by atoms with Crippen LogP contribution in [-0.4, -0.2) is 39.4 Å². The Morgan fingerprint density at radius 3 is 1.68 bits per heavy atom. The smallest absolute Gasteiger partial charge is 0.488 e. The number of nitriles is 1. The van der Waals surface area contributed by atoms with Crippen molar-refractivity contribution in [3.8, 4) is 34.8 Å². The maximum absolute atomic E-state index is 9.61. The molecule has 0 heterocycles. The van der Waals surface area contributed by atoms with Crippen LogP contribution in [0.25, 0.3) is 4.85 Å². The van der Waals surface area contributed by atoms with Crippen molar-refractivity contribution in [3.63, 3.8) is 0 Å². The first kappa shape index (κ1) is 34.1. The molecule has 0 aliphatic heterocycles. The maximum Gasteiger partial charge on any atom is 0.488 e. The highest BCUT2D eigenvalue weighted by atomic mass is 16.5. The van der Waals surface area contributed by atoms with Gasteiger partial charge in [-0.1, -0.05) is 42.0 Å². The molecule has 0 fully saturated rings. The minimum absolute atomic E-state index is 0.0211. The third-order valence-corrected chi connectivity index (χ3v) is 6.79. The van der Waals surface area contributed by atoms with Crippen LogP contribution in [0.15, 0.2) is 109 Å². The van der Waals surface area contributed by atoms with Crippen LogP contribution in [0.3, 0.4) is 0 Å². The third-order valence-electron chi connectivity index (χ3n) is 6.79. The maximum atomic E-state index is 9.61. The summed E-state index contributed by atoms with van der Waals surface area (Å²) in [6.07, 6.45) is 0. The molecular weight excluding hydrogens is 598 g/mol. The van der Waals surface area contributed by atoms with E-state index in [1.165, 1.54) is 18.2 Å². The molecule has 0 saturated carbocycles. The normalized spacial score (nSPS) is 10.0. The Morgan fingerprint density at radius 2 is 1.15 bits per heavy atom. The molecule has 234 valence electrons. The predicted octanol–water partition coefficient (Wildman–Crippen LogP) is 4.12. The van der Waals surface area contributed by atoms with Gasteiger partial charge in [0.15, 0.2) is 5.69 Å². The number of hydrogen-bond acceptors (Lipinski definition) is 9. The van der Waals surface area contributed by atoms with Crippen LogP contribution >= 0.6 is 0 Å². The average Bonchev–Trinajstić information content (AvgIpc) is 3.08. The van der Waals surface area contributed by atoms with Gasteiger partial charge in [-0.15, -0.1) is 0 Å². The van der Waals surface area contributed by atoms with Crippen molar-refractivity contribution in [1.82, 2.24) is 0 Å². The van der Waals surface area contributed by atoms with E-state index in [1.807, 2.05) is 37.3 Å². The van der Waals surface area contributed by atoms with Gasteiger partial charge < -0.3 is 39.4 Å². The largest absolute Gasteiger partial charge is 0.508 e. The van der Waals surface area contributed by atoms with Crippen LogP contribution in [0.5, 0.6) is 28.7 Å². The molecule has 47 heavy (non-hydrogen) atoms. The van der Waals surface area contributed by atoms with E-state index in [9.17, 15) is 25.2 Å². The van der Waals surface area contributed by atoms with E-state index in [1.54, 1.807) is 66.7 Å². The highest BCUT2D eigenvalue weighted by molar-refractivity contribution is 6.59. The lowest BCUT2D eigenvalue weighted by molar-refractivity contribution is 0.305. The van der Waals surface area contributed by atoms with Gasteiger partial charge in [0.25, 0.3) is 0 Å². The summed E-state index contributed by atoms with van der Waals surface area (Å²) in [7, 11) is -3.23. The highest BCUT2D eigenvalue weighted by Crippen LogP contribution is 2.25. The minimum atomic E-state index is -1.63. The SMILES string of the molecule is N#Cc1ccc(OCc2cc(O)ccc2B(O)O)cc1.[C-]#[N+]c1ccc(Oc2ccc(B(O)O)c(COc3ccc(C)cc3)c2)cc1. The Labute approximate surface area is 273 Å². The zero-order valence-electron chi connectivity index (χ0n) is 25.3. The zero-order chi connectivity index (χ0) is 33.8. The molecule has 10 nitrogen and oxygen atoms in total. The summed E-state index contributed by atoms with van der Waals surface area (Å²) in [4.78, 5) is 3.34. The second-order valence-electron chi connectivity index (χ2n) is 10.2. The standard InChI is InChI=1S/C21H18BNO4.C14H12BNO4/c1-15-3-7-18(8-4-15)26-14-16-13-20(11-12-21(16)22(24)25)27-19-9-5-17(23-2)6-10-19;16-8-10-1-4-13(5-2-10)20-9-11-7-12(17)3-6-14(11)15(18)19/h3-13,24-25H,14H2,1H3;1-7,17-19H,9H2. The molecule has 5 aromatic carbocycles. The zero-order valence-corrected chi connectivity index (χ0v) is 25.3. The van der Waals surface area contributed by atoms with Crippen molar-refractivity contribution in [3.05, 3.63) is 143 Å². The first-order chi connectivity index (χ1) is 22.6. The molecule has 0 spiro atoms.